The first-order chi connectivity index (χ1) is 18.6. The number of para-hydroxylation sites is 1. The Morgan fingerprint density at radius 1 is 0.718 bits per heavy atom. The fourth-order valence-corrected chi connectivity index (χ4v) is 5.93. The highest BCUT2D eigenvalue weighted by Crippen LogP contribution is 2.39. The van der Waals surface area contributed by atoms with Crippen LogP contribution in [0, 0.1) is 20.8 Å². The standard InChI is InChI=1S/C35H34N2OS/c1-22-15-23(2)34(24(3)16-22)26-19-30(37-31(20-26)29-11-7-8-12-32(29)38)25-17-27(35(4,5)6)21-28(18-25)39-33-13-9-10-14-36-33/h7-21,38H,1-6H3. The lowest BCUT2D eigenvalue weighted by atomic mass is 9.85. The van der Waals surface area contributed by atoms with Crippen LogP contribution in [-0.2, 0) is 5.41 Å². The lowest BCUT2D eigenvalue weighted by molar-refractivity contribution is 0.477. The van der Waals surface area contributed by atoms with Gasteiger partial charge in [-0.15, -0.1) is 0 Å². The fourth-order valence-electron chi connectivity index (χ4n) is 5.05. The number of phenolic OH excluding ortho intramolecular Hbond substituents is 1. The maximum atomic E-state index is 10.7. The van der Waals surface area contributed by atoms with Crippen LogP contribution in [-0.4, -0.2) is 15.1 Å². The average molecular weight is 531 g/mol. The summed E-state index contributed by atoms with van der Waals surface area (Å²) in [5, 5.41) is 11.7. The van der Waals surface area contributed by atoms with E-state index in [1.807, 2.05) is 42.6 Å². The Labute approximate surface area is 236 Å². The van der Waals surface area contributed by atoms with Crippen LogP contribution < -0.4 is 0 Å². The van der Waals surface area contributed by atoms with Crippen molar-refractivity contribution in [3.05, 3.63) is 113 Å². The van der Waals surface area contributed by atoms with Crippen LogP contribution in [0.4, 0.5) is 0 Å². The summed E-state index contributed by atoms with van der Waals surface area (Å²) in [6.45, 7) is 13.2. The molecule has 0 aliphatic carbocycles. The third-order valence-corrected chi connectivity index (χ3v) is 7.82. The van der Waals surface area contributed by atoms with Crippen LogP contribution in [0.2, 0.25) is 0 Å². The maximum Gasteiger partial charge on any atom is 0.124 e. The zero-order valence-electron chi connectivity index (χ0n) is 23.4. The minimum atomic E-state index is -0.0439. The Bertz CT molecular complexity index is 1630. The van der Waals surface area contributed by atoms with E-state index in [0.717, 1.165) is 38.0 Å². The normalized spacial score (nSPS) is 11.5. The average Bonchev–Trinajstić information content (AvgIpc) is 2.88. The van der Waals surface area contributed by atoms with E-state index in [9.17, 15) is 5.11 Å². The van der Waals surface area contributed by atoms with E-state index in [1.165, 1.54) is 27.8 Å². The van der Waals surface area contributed by atoms with Gasteiger partial charge in [-0.3, -0.25) is 0 Å². The fraction of sp³-hybridized carbons (Fsp3) is 0.200. The quantitative estimate of drug-likeness (QED) is 0.246. The zero-order valence-corrected chi connectivity index (χ0v) is 24.2. The summed E-state index contributed by atoms with van der Waals surface area (Å²) >= 11 is 1.66. The lowest BCUT2D eigenvalue weighted by Gasteiger charge is -2.22. The van der Waals surface area contributed by atoms with Gasteiger partial charge in [-0.2, -0.15) is 0 Å². The highest BCUT2D eigenvalue weighted by Gasteiger charge is 2.19. The first-order valence-corrected chi connectivity index (χ1v) is 14.0. The molecule has 0 amide bonds. The van der Waals surface area contributed by atoms with Gasteiger partial charge in [0.2, 0.25) is 0 Å². The van der Waals surface area contributed by atoms with Crippen molar-refractivity contribution >= 4 is 11.8 Å². The second-order valence-electron chi connectivity index (χ2n) is 11.2. The van der Waals surface area contributed by atoms with Crippen molar-refractivity contribution in [2.45, 2.75) is 56.9 Å². The number of rotatable bonds is 5. The van der Waals surface area contributed by atoms with Crippen LogP contribution in [0.5, 0.6) is 5.75 Å². The molecule has 0 saturated carbocycles. The second kappa shape index (κ2) is 10.7. The van der Waals surface area contributed by atoms with Crippen molar-refractivity contribution in [1.82, 2.24) is 9.97 Å². The molecule has 0 bridgehead atoms. The minimum Gasteiger partial charge on any atom is -0.507 e. The number of benzene rings is 3. The number of phenols is 1. The summed E-state index contributed by atoms with van der Waals surface area (Å²) in [4.78, 5) is 10.8. The van der Waals surface area contributed by atoms with Gasteiger partial charge in [0.05, 0.1) is 11.4 Å². The van der Waals surface area contributed by atoms with Crippen molar-refractivity contribution in [3.8, 4) is 39.4 Å². The molecule has 5 aromatic rings. The number of pyridine rings is 2. The molecule has 0 spiro atoms. The predicted octanol–water partition coefficient (Wildman–Crippen LogP) is 9.56. The van der Waals surface area contributed by atoms with E-state index in [-0.39, 0.29) is 11.2 Å². The van der Waals surface area contributed by atoms with Crippen molar-refractivity contribution < 1.29 is 5.11 Å². The molecule has 5 rings (SSSR count). The molecular formula is C35H34N2OS. The molecule has 1 N–H and O–H groups in total. The van der Waals surface area contributed by atoms with Crippen LogP contribution in [0.15, 0.2) is 101 Å². The summed E-state index contributed by atoms with van der Waals surface area (Å²) < 4.78 is 0. The third-order valence-electron chi connectivity index (χ3n) is 6.90. The van der Waals surface area contributed by atoms with E-state index >= 15 is 0 Å². The largest absolute Gasteiger partial charge is 0.507 e. The molecule has 0 atom stereocenters. The van der Waals surface area contributed by atoms with Gasteiger partial charge in [0.1, 0.15) is 10.8 Å². The van der Waals surface area contributed by atoms with Crippen molar-refractivity contribution in [2.75, 3.05) is 0 Å². The first kappa shape index (κ1) is 26.7. The highest BCUT2D eigenvalue weighted by molar-refractivity contribution is 7.99. The SMILES string of the molecule is Cc1cc(C)c(-c2cc(-c3cc(Sc4ccccn4)cc(C(C)(C)C)c3)nc(-c3ccccc3O)c2)c(C)c1. The van der Waals surface area contributed by atoms with Gasteiger partial charge < -0.3 is 5.11 Å². The summed E-state index contributed by atoms with van der Waals surface area (Å²) in [6.07, 6.45) is 1.83. The zero-order chi connectivity index (χ0) is 27.7. The number of aromatic hydroxyl groups is 1. The second-order valence-corrected chi connectivity index (χ2v) is 12.3. The van der Waals surface area contributed by atoms with E-state index in [1.54, 1.807) is 17.8 Å². The molecule has 2 heterocycles. The number of aromatic nitrogens is 2. The molecule has 0 fully saturated rings. The minimum absolute atomic E-state index is 0.0439. The molecule has 3 nitrogen and oxygen atoms in total. The van der Waals surface area contributed by atoms with Crippen LogP contribution in [0.1, 0.15) is 43.0 Å². The molecular weight excluding hydrogens is 496 g/mol. The van der Waals surface area contributed by atoms with E-state index < -0.39 is 0 Å². The van der Waals surface area contributed by atoms with E-state index in [4.69, 9.17) is 4.98 Å². The summed E-state index contributed by atoms with van der Waals surface area (Å²) in [5.41, 5.74) is 10.6. The molecule has 0 radical (unpaired) electrons. The predicted molar refractivity (Wildman–Crippen MR) is 163 cm³/mol. The monoisotopic (exact) mass is 530 g/mol. The molecule has 0 unspecified atom stereocenters. The Morgan fingerprint density at radius 2 is 1.41 bits per heavy atom. The number of aryl methyl sites for hydroxylation is 3. The van der Waals surface area contributed by atoms with Gasteiger partial charge in [-0.05, 0) is 109 Å². The van der Waals surface area contributed by atoms with Gasteiger partial charge >= 0.3 is 0 Å². The van der Waals surface area contributed by atoms with Crippen molar-refractivity contribution in [3.63, 3.8) is 0 Å². The molecule has 3 aromatic carbocycles. The van der Waals surface area contributed by atoms with E-state index in [2.05, 4.69) is 89.0 Å². The Balaban J connectivity index is 1.75. The van der Waals surface area contributed by atoms with Crippen LogP contribution in [0.3, 0.4) is 0 Å². The highest BCUT2D eigenvalue weighted by atomic mass is 32.2. The Hall–Kier alpha value is -3.89. The van der Waals surface area contributed by atoms with Gasteiger partial charge in [0.15, 0.2) is 0 Å². The maximum absolute atomic E-state index is 10.7. The van der Waals surface area contributed by atoms with E-state index in [0.29, 0.717) is 0 Å². The van der Waals surface area contributed by atoms with Gasteiger partial charge in [0.25, 0.3) is 0 Å². The van der Waals surface area contributed by atoms with Crippen molar-refractivity contribution in [2.24, 2.45) is 0 Å². The first-order valence-electron chi connectivity index (χ1n) is 13.2. The number of nitrogens with zero attached hydrogens (tertiary/aromatic N) is 2. The van der Waals surface area contributed by atoms with Gasteiger partial charge in [-0.25, -0.2) is 9.97 Å². The van der Waals surface area contributed by atoms with Gasteiger partial charge in [-0.1, -0.05) is 68.4 Å². The molecule has 0 aliphatic heterocycles. The molecule has 2 aromatic heterocycles. The molecule has 39 heavy (non-hydrogen) atoms. The molecule has 196 valence electrons. The lowest BCUT2D eigenvalue weighted by Crippen LogP contribution is -2.11. The summed E-state index contributed by atoms with van der Waals surface area (Å²) in [7, 11) is 0. The van der Waals surface area contributed by atoms with Gasteiger partial charge in [0, 0.05) is 22.2 Å². The molecule has 0 aliphatic rings. The number of hydrogen-bond acceptors (Lipinski definition) is 4. The number of hydrogen-bond donors (Lipinski definition) is 1. The van der Waals surface area contributed by atoms with Crippen molar-refractivity contribution in [1.29, 1.82) is 0 Å². The Morgan fingerprint density at radius 3 is 2.08 bits per heavy atom. The Kier molecular flexibility index (Phi) is 7.33. The van der Waals surface area contributed by atoms with Crippen LogP contribution >= 0.6 is 11.8 Å². The topological polar surface area (TPSA) is 46.0 Å². The molecule has 0 saturated heterocycles. The summed E-state index contributed by atoms with van der Waals surface area (Å²) in [6, 6.07) is 28.8. The smallest absolute Gasteiger partial charge is 0.124 e. The molecule has 4 heteroatoms. The third kappa shape index (κ3) is 5.91. The summed E-state index contributed by atoms with van der Waals surface area (Å²) in [5.74, 6) is 0.222. The van der Waals surface area contributed by atoms with Crippen LogP contribution in [0.25, 0.3) is 33.6 Å².